The molecule has 0 spiro atoms. The lowest BCUT2D eigenvalue weighted by Crippen LogP contribution is -2.54. The van der Waals surface area contributed by atoms with Crippen molar-refractivity contribution in [2.45, 2.75) is 116 Å². The van der Waals surface area contributed by atoms with E-state index in [0.717, 1.165) is 27.4 Å². The van der Waals surface area contributed by atoms with Crippen LogP contribution in [0.5, 0.6) is 0 Å². The van der Waals surface area contributed by atoms with E-state index in [9.17, 15) is 28.8 Å². The van der Waals surface area contributed by atoms with Gasteiger partial charge < -0.3 is 34.8 Å². The van der Waals surface area contributed by atoms with E-state index >= 15 is 0 Å². The van der Waals surface area contributed by atoms with Gasteiger partial charge in [-0.05, 0) is 51.1 Å². The third-order valence-corrected chi connectivity index (χ3v) is 25.0. The Morgan fingerprint density at radius 2 is 0.746 bits per heavy atom. The minimum Gasteiger partial charge on any atom is -0.440 e. The van der Waals surface area contributed by atoms with Gasteiger partial charge in [0.2, 0.25) is 0 Å². The molecule has 0 saturated carbocycles. The summed E-state index contributed by atoms with van der Waals surface area (Å²) < 4.78 is 50.2. The molecular weight excluding hydrogens is 905 g/mol. The fraction of sp³-hybridized carbons (Fsp3) is 0.632. The highest BCUT2D eigenvalue weighted by Gasteiger charge is 2.38. The molecule has 2 aromatic rings. The predicted molar refractivity (Wildman–Crippen MR) is 258 cm³/mol. The smallest absolute Gasteiger partial charge is 0.440 e. The highest BCUT2D eigenvalue weighted by atomic mass is 28.5. The minimum atomic E-state index is -2.86. The topological polar surface area (TPSA) is 206 Å². The zero-order valence-electron chi connectivity index (χ0n) is 39.8. The standard InChI is InChI=1S/C18H35N3O9Si2.C12H15N3O3.C8H24O2Si3/c1-8-11-19-16(22)20(12-9-14-31(25-2,26-3)27-4)18(24)21(17(19)23)13-10-15-32(28-5,29-6)30-7;1-4-7-13-10(16)14(8-5-2)12(18)15(9-6-3)11(13)17;1-8(2)12(5)10-13(6,7)9-11(3)4/h8H,1,9-15H2,2-7H3;4-6H,1-3,7-9H2;8,11-12H,1-7H3. The number of allylic oxidation sites excluding steroid dienone is 4. The van der Waals surface area contributed by atoms with Gasteiger partial charge in [0.25, 0.3) is 0 Å². The second kappa shape index (κ2) is 29.2. The number of nitrogens with zero attached hydrogens (tertiary/aromatic N) is 6. The van der Waals surface area contributed by atoms with E-state index in [2.05, 4.69) is 72.9 Å². The van der Waals surface area contributed by atoms with Crippen molar-refractivity contribution >= 4 is 44.3 Å². The molecule has 0 aromatic carbocycles. The summed E-state index contributed by atoms with van der Waals surface area (Å²) in [6.07, 6.45) is 6.46. The van der Waals surface area contributed by atoms with Crippen molar-refractivity contribution in [2.75, 3.05) is 42.7 Å². The molecule has 0 aliphatic carbocycles. The van der Waals surface area contributed by atoms with Crippen LogP contribution in [0.25, 0.3) is 0 Å². The molecule has 0 aliphatic heterocycles. The number of hydrogen-bond acceptors (Lipinski definition) is 14. The van der Waals surface area contributed by atoms with Crippen molar-refractivity contribution < 1.29 is 34.8 Å². The van der Waals surface area contributed by atoms with Crippen LogP contribution < -0.4 is 34.1 Å². The lowest BCUT2D eigenvalue weighted by molar-refractivity contribution is 0.122. The zero-order chi connectivity index (χ0) is 48.7. The Balaban J connectivity index is 0.00000104. The molecule has 2 aromatic heterocycles. The molecule has 1 atom stereocenters. The monoisotopic (exact) mass is 978 g/mol. The molecule has 0 saturated heterocycles. The fourth-order valence-electron chi connectivity index (χ4n) is 6.09. The van der Waals surface area contributed by atoms with Crippen molar-refractivity contribution in [1.29, 1.82) is 0 Å². The van der Waals surface area contributed by atoms with E-state index in [1.165, 1.54) is 67.0 Å². The maximum atomic E-state index is 13.0. The minimum absolute atomic E-state index is 0.0161. The highest BCUT2D eigenvalue weighted by molar-refractivity contribution is 6.78. The molecule has 25 heteroatoms. The first kappa shape index (κ1) is 59.5. The zero-order valence-corrected chi connectivity index (χ0v) is 45.1. The van der Waals surface area contributed by atoms with Crippen LogP contribution >= 0.6 is 0 Å². The van der Waals surface area contributed by atoms with E-state index in [1.54, 1.807) is 0 Å². The summed E-state index contributed by atoms with van der Waals surface area (Å²) in [7, 11) is -0.464. The van der Waals surface area contributed by atoms with Gasteiger partial charge in [-0.25, -0.2) is 56.2 Å². The van der Waals surface area contributed by atoms with Crippen LogP contribution in [0, 0.1) is 0 Å². The van der Waals surface area contributed by atoms with Gasteiger partial charge in [0.15, 0.2) is 18.1 Å². The van der Waals surface area contributed by atoms with Crippen molar-refractivity contribution in [3.8, 4) is 0 Å². The van der Waals surface area contributed by atoms with Crippen LogP contribution in [0.4, 0.5) is 0 Å². The first-order chi connectivity index (χ1) is 29.6. The van der Waals surface area contributed by atoms with E-state index in [-0.39, 0.29) is 39.3 Å². The lowest BCUT2D eigenvalue weighted by Gasteiger charge is -2.30. The summed E-state index contributed by atoms with van der Waals surface area (Å²) in [5.41, 5.74) is -3.33. The highest BCUT2D eigenvalue weighted by Crippen LogP contribution is 2.17. The molecule has 2 rings (SSSR count). The molecule has 360 valence electrons. The van der Waals surface area contributed by atoms with Crippen molar-refractivity contribution in [3.05, 3.63) is 114 Å². The predicted octanol–water partition coefficient (Wildman–Crippen LogP) is 2.09. The molecule has 0 fully saturated rings. The Labute approximate surface area is 377 Å². The van der Waals surface area contributed by atoms with E-state index < -0.39 is 78.4 Å². The van der Waals surface area contributed by atoms with Gasteiger partial charge in [-0.15, -0.1) is 26.3 Å². The first-order valence-corrected chi connectivity index (χ1v) is 32.3. The van der Waals surface area contributed by atoms with Gasteiger partial charge >= 0.3 is 60.3 Å². The lowest BCUT2D eigenvalue weighted by atomic mass is 10.4. The summed E-state index contributed by atoms with van der Waals surface area (Å²) in [6.45, 7) is 29.8. The van der Waals surface area contributed by atoms with Gasteiger partial charge in [-0.2, -0.15) is 0 Å². The largest absolute Gasteiger partial charge is 0.500 e. The summed E-state index contributed by atoms with van der Waals surface area (Å²) in [4.78, 5) is 74.5. The average Bonchev–Trinajstić information content (AvgIpc) is 3.24. The van der Waals surface area contributed by atoms with Gasteiger partial charge in [-0.1, -0.05) is 38.2 Å². The number of aromatic nitrogens is 6. The van der Waals surface area contributed by atoms with E-state index in [1.807, 2.05) is 0 Å². The van der Waals surface area contributed by atoms with Crippen molar-refractivity contribution in [3.63, 3.8) is 0 Å². The normalized spacial score (nSPS) is 12.3. The molecule has 0 aliphatic rings. The molecule has 0 amide bonds. The Bertz CT molecular complexity index is 1920. The number of rotatable bonds is 27. The van der Waals surface area contributed by atoms with Crippen molar-refractivity contribution in [1.82, 2.24) is 27.4 Å². The van der Waals surface area contributed by atoms with E-state index in [0.29, 0.717) is 30.5 Å². The summed E-state index contributed by atoms with van der Waals surface area (Å²) in [5, 5.41) is 0. The maximum Gasteiger partial charge on any atom is 0.500 e. The third-order valence-electron chi connectivity index (χ3n) is 9.54. The maximum absolute atomic E-state index is 13.0. The van der Waals surface area contributed by atoms with Crippen LogP contribution in [0.3, 0.4) is 0 Å². The molecule has 0 N–H and O–H groups in total. The molecule has 0 bridgehead atoms. The quantitative estimate of drug-likeness (QED) is 0.0930. The Kier molecular flexibility index (Phi) is 27.6. The third kappa shape index (κ3) is 17.8. The van der Waals surface area contributed by atoms with Crippen LogP contribution in [-0.2, 0) is 74.1 Å². The summed E-state index contributed by atoms with van der Waals surface area (Å²) in [5.74, 6) is 0. The fourth-order valence-corrected chi connectivity index (χ4v) is 19.4. The molecule has 1 unspecified atom stereocenters. The second-order valence-electron chi connectivity index (χ2n) is 15.0. The van der Waals surface area contributed by atoms with E-state index in [4.69, 9.17) is 34.8 Å². The van der Waals surface area contributed by atoms with Crippen LogP contribution in [-0.4, -0.2) is 114 Å². The van der Waals surface area contributed by atoms with Gasteiger partial charge in [-0.3, -0.25) is 0 Å². The molecule has 63 heavy (non-hydrogen) atoms. The van der Waals surface area contributed by atoms with Gasteiger partial charge in [0, 0.05) is 67.8 Å². The summed E-state index contributed by atoms with van der Waals surface area (Å²) >= 11 is 0. The number of hydrogen-bond donors (Lipinski definition) is 0. The SMILES string of the molecule is C=CCn1c(=O)n(CC=C)c(=O)n(CC=C)c1=O.C=CCn1c(=O)n(CCC[Si](OC)(OC)OC)c(=O)n(CCC[Si](OC)(OC)OC)c1=O.CC(C)[SiH](C)O[Si](C)(C)O[SiH](C)C. The van der Waals surface area contributed by atoms with Crippen LogP contribution in [0.1, 0.15) is 26.7 Å². The molecule has 2 heterocycles. The summed E-state index contributed by atoms with van der Waals surface area (Å²) in [6, 6.07) is 0.791. The Morgan fingerprint density at radius 1 is 0.492 bits per heavy atom. The molecule has 0 radical (unpaired) electrons. The first-order valence-electron chi connectivity index (χ1n) is 20.6. The Morgan fingerprint density at radius 3 is 0.968 bits per heavy atom. The van der Waals surface area contributed by atoms with Crippen LogP contribution in [0.15, 0.2) is 79.4 Å². The van der Waals surface area contributed by atoms with Crippen molar-refractivity contribution in [2.24, 2.45) is 0 Å². The Hall–Kier alpha value is -3.46. The van der Waals surface area contributed by atoms with Gasteiger partial charge in [0.1, 0.15) is 0 Å². The molecule has 20 nitrogen and oxygen atoms in total. The second-order valence-corrected chi connectivity index (χ2v) is 30.7. The molecular formula is C38H74N6O14Si5. The van der Waals surface area contributed by atoms with Gasteiger partial charge in [0.05, 0.1) is 26.2 Å². The average molecular weight is 979 g/mol. The van der Waals surface area contributed by atoms with Crippen LogP contribution in [0.2, 0.25) is 50.4 Å².